The molecule has 20 heavy (non-hydrogen) atoms. The second kappa shape index (κ2) is 6.48. The van der Waals surface area contributed by atoms with Gasteiger partial charge in [0.25, 0.3) is 0 Å². The van der Waals surface area contributed by atoms with Crippen molar-refractivity contribution < 1.29 is 8.78 Å². The molecule has 110 valence electrons. The van der Waals surface area contributed by atoms with Crippen LogP contribution in [0, 0.1) is 16.4 Å². The van der Waals surface area contributed by atoms with Crippen LogP contribution in [0.1, 0.15) is 52.0 Å². The summed E-state index contributed by atoms with van der Waals surface area (Å²) in [5, 5.41) is 0. The van der Waals surface area contributed by atoms with Crippen LogP contribution in [0.5, 0.6) is 0 Å². The van der Waals surface area contributed by atoms with Crippen molar-refractivity contribution in [3.05, 3.63) is 28.5 Å². The SMILES string of the molecule is CCCCC(CCC)n1c(=S)[nH]c2ccc(F)c(F)c21. The molecule has 1 aromatic heterocycles. The number of rotatable bonds is 6. The first-order valence-corrected chi connectivity index (χ1v) is 7.59. The number of halogens is 2. The second-order valence-electron chi connectivity index (χ2n) is 5.14. The topological polar surface area (TPSA) is 20.7 Å². The van der Waals surface area contributed by atoms with Gasteiger partial charge in [0.05, 0.1) is 5.52 Å². The van der Waals surface area contributed by atoms with Crippen molar-refractivity contribution >= 4 is 23.3 Å². The fourth-order valence-corrected chi connectivity index (χ4v) is 3.03. The van der Waals surface area contributed by atoms with E-state index in [1.165, 1.54) is 0 Å². The molecule has 1 atom stereocenters. The van der Waals surface area contributed by atoms with E-state index in [4.69, 9.17) is 12.2 Å². The van der Waals surface area contributed by atoms with Gasteiger partial charge in [-0.25, -0.2) is 8.78 Å². The Hall–Kier alpha value is -1.23. The molecule has 1 aromatic carbocycles. The molecule has 0 spiro atoms. The van der Waals surface area contributed by atoms with Crippen LogP contribution in [0.15, 0.2) is 12.1 Å². The Morgan fingerprint density at radius 1 is 1.20 bits per heavy atom. The fraction of sp³-hybridized carbons (Fsp3) is 0.533. The molecular weight excluding hydrogens is 278 g/mol. The van der Waals surface area contributed by atoms with Gasteiger partial charge in [-0.1, -0.05) is 33.1 Å². The molecule has 0 saturated carbocycles. The van der Waals surface area contributed by atoms with Crippen molar-refractivity contribution in [2.45, 2.75) is 52.0 Å². The molecule has 0 aliphatic rings. The van der Waals surface area contributed by atoms with Crippen LogP contribution in [-0.4, -0.2) is 9.55 Å². The number of imidazole rings is 1. The standard InChI is InChI=1S/C15H20F2N2S/c1-3-5-7-10(6-4-2)19-14-12(18-15(19)20)9-8-11(16)13(14)17/h8-10H,3-7H2,1-2H3,(H,18,20). The van der Waals surface area contributed by atoms with Crippen LogP contribution in [0.4, 0.5) is 8.78 Å². The minimum absolute atomic E-state index is 0.123. The molecule has 1 unspecified atom stereocenters. The maximum atomic E-state index is 14.1. The van der Waals surface area contributed by atoms with Gasteiger partial charge in [-0.15, -0.1) is 0 Å². The third-order valence-electron chi connectivity index (χ3n) is 3.65. The minimum atomic E-state index is -0.828. The van der Waals surface area contributed by atoms with E-state index in [-0.39, 0.29) is 11.6 Å². The monoisotopic (exact) mass is 298 g/mol. The number of benzene rings is 1. The van der Waals surface area contributed by atoms with Gasteiger partial charge in [-0.2, -0.15) is 0 Å². The van der Waals surface area contributed by atoms with E-state index in [2.05, 4.69) is 18.8 Å². The highest BCUT2D eigenvalue weighted by atomic mass is 32.1. The van der Waals surface area contributed by atoms with Crippen LogP contribution >= 0.6 is 12.2 Å². The number of aromatic nitrogens is 2. The lowest BCUT2D eigenvalue weighted by Gasteiger charge is -2.19. The normalized spacial score (nSPS) is 13.0. The Labute approximate surface area is 122 Å². The lowest BCUT2D eigenvalue weighted by molar-refractivity contribution is 0.416. The van der Waals surface area contributed by atoms with Gasteiger partial charge in [0.15, 0.2) is 16.4 Å². The lowest BCUT2D eigenvalue weighted by Crippen LogP contribution is -2.10. The van der Waals surface area contributed by atoms with Crippen molar-refractivity contribution in [3.8, 4) is 0 Å². The van der Waals surface area contributed by atoms with Gasteiger partial charge in [0.2, 0.25) is 0 Å². The first-order chi connectivity index (χ1) is 9.60. The second-order valence-corrected chi connectivity index (χ2v) is 5.53. The molecule has 0 radical (unpaired) electrons. The molecular formula is C15H20F2N2S. The summed E-state index contributed by atoms with van der Waals surface area (Å²) >= 11 is 5.32. The Balaban J connectivity index is 2.58. The highest BCUT2D eigenvalue weighted by Crippen LogP contribution is 2.29. The highest BCUT2D eigenvalue weighted by Gasteiger charge is 2.19. The molecule has 0 saturated heterocycles. The quantitative estimate of drug-likeness (QED) is 0.697. The van der Waals surface area contributed by atoms with E-state index in [1.54, 1.807) is 10.6 Å². The summed E-state index contributed by atoms with van der Waals surface area (Å²) < 4.78 is 29.9. The predicted molar refractivity (Wildman–Crippen MR) is 80.5 cm³/mol. The van der Waals surface area contributed by atoms with Gasteiger partial charge < -0.3 is 9.55 Å². The van der Waals surface area contributed by atoms with Crippen molar-refractivity contribution in [1.29, 1.82) is 0 Å². The summed E-state index contributed by atoms with van der Waals surface area (Å²) in [7, 11) is 0. The van der Waals surface area contributed by atoms with Crippen molar-refractivity contribution in [2.24, 2.45) is 0 Å². The molecule has 5 heteroatoms. The van der Waals surface area contributed by atoms with Crippen molar-refractivity contribution in [1.82, 2.24) is 9.55 Å². The molecule has 0 aliphatic carbocycles. The third-order valence-corrected chi connectivity index (χ3v) is 3.95. The van der Waals surface area contributed by atoms with Crippen LogP contribution in [0.3, 0.4) is 0 Å². The first-order valence-electron chi connectivity index (χ1n) is 7.18. The van der Waals surface area contributed by atoms with E-state index in [0.29, 0.717) is 10.3 Å². The molecule has 1 N–H and O–H groups in total. The molecule has 1 heterocycles. The predicted octanol–water partition coefficient (Wildman–Crippen LogP) is 5.51. The Bertz CT molecular complexity index is 645. The van der Waals surface area contributed by atoms with Crippen LogP contribution in [-0.2, 0) is 0 Å². The number of nitrogens with zero attached hydrogens (tertiary/aromatic N) is 1. The fourth-order valence-electron chi connectivity index (χ4n) is 2.68. The number of unbranched alkanes of at least 4 members (excludes halogenated alkanes) is 1. The number of hydrogen-bond donors (Lipinski definition) is 1. The van der Waals surface area contributed by atoms with Gasteiger partial charge >= 0.3 is 0 Å². The zero-order valence-electron chi connectivity index (χ0n) is 11.9. The summed E-state index contributed by atoms with van der Waals surface area (Å²) in [6.07, 6.45) is 4.96. The van der Waals surface area contributed by atoms with E-state index in [9.17, 15) is 8.78 Å². The number of H-pyrrole nitrogens is 1. The van der Waals surface area contributed by atoms with Gasteiger partial charge in [-0.3, -0.25) is 0 Å². The van der Waals surface area contributed by atoms with E-state index in [0.717, 1.165) is 38.2 Å². The lowest BCUT2D eigenvalue weighted by atomic mass is 10.0. The number of aromatic amines is 1. The largest absolute Gasteiger partial charge is 0.330 e. The van der Waals surface area contributed by atoms with E-state index < -0.39 is 11.6 Å². The van der Waals surface area contributed by atoms with Gasteiger partial charge in [0.1, 0.15) is 5.52 Å². The number of hydrogen-bond acceptors (Lipinski definition) is 1. The van der Waals surface area contributed by atoms with Crippen molar-refractivity contribution in [3.63, 3.8) is 0 Å². The Morgan fingerprint density at radius 2 is 1.95 bits per heavy atom. The molecule has 0 aliphatic heterocycles. The zero-order chi connectivity index (χ0) is 14.7. The summed E-state index contributed by atoms with van der Waals surface area (Å²) in [5.41, 5.74) is 0.830. The first kappa shape index (κ1) is 15.2. The number of nitrogens with one attached hydrogen (secondary N) is 1. The zero-order valence-corrected chi connectivity index (χ0v) is 12.7. The van der Waals surface area contributed by atoms with E-state index in [1.807, 2.05) is 0 Å². The minimum Gasteiger partial charge on any atom is -0.330 e. The van der Waals surface area contributed by atoms with Crippen LogP contribution in [0.25, 0.3) is 11.0 Å². The molecule has 0 bridgehead atoms. The summed E-state index contributed by atoms with van der Waals surface area (Å²) in [5.74, 6) is -1.64. The highest BCUT2D eigenvalue weighted by molar-refractivity contribution is 7.71. The molecule has 0 fully saturated rings. The Morgan fingerprint density at radius 3 is 2.60 bits per heavy atom. The molecule has 2 rings (SSSR count). The number of fused-ring (bicyclic) bond motifs is 1. The van der Waals surface area contributed by atoms with Crippen molar-refractivity contribution in [2.75, 3.05) is 0 Å². The average Bonchev–Trinajstić information content (AvgIpc) is 2.76. The van der Waals surface area contributed by atoms with Crippen LogP contribution in [0.2, 0.25) is 0 Å². The third kappa shape index (κ3) is 2.77. The maximum absolute atomic E-state index is 14.1. The molecule has 0 amide bonds. The summed E-state index contributed by atoms with van der Waals surface area (Å²) in [4.78, 5) is 2.98. The van der Waals surface area contributed by atoms with Gasteiger partial charge in [0, 0.05) is 6.04 Å². The molecule has 2 aromatic rings. The maximum Gasteiger partial charge on any atom is 0.184 e. The van der Waals surface area contributed by atoms with E-state index >= 15 is 0 Å². The summed E-state index contributed by atoms with van der Waals surface area (Å²) in [6.45, 7) is 4.21. The van der Waals surface area contributed by atoms with Gasteiger partial charge in [-0.05, 0) is 37.2 Å². The average molecular weight is 298 g/mol. The summed E-state index contributed by atoms with van der Waals surface area (Å²) in [6, 6.07) is 2.80. The van der Waals surface area contributed by atoms with Crippen LogP contribution < -0.4 is 0 Å². The molecule has 2 nitrogen and oxygen atoms in total. The Kier molecular flexibility index (Phi) is 4.91. The smallest absolute Gasteiger partial charge is 0.184 e.